The highest BCUT2D eigenvalue weighted by atomic mass is 16.6. The first kappa shape index (κ1) is 14.9. The van der Waals surface area contributed by atoms with E-state index >= 15 is 0 Å². The Morgan fingerprint density at radius 1 is 1.06 bits per heavy atom. The smallest absolute Gasteiger partial charge is 0.308 e. The molecule has 5 nitrogen and oxygen atoms in total. The Labute approximate surface area is 96.1 Å². The number of methoxy groups -OCH3 is 2. The van der Waals surface area contributed by atoms with Crippen molar-refractivity contribution in [2.75, 3.05) is 14.2 Å². The summed E-state index contributed by atoms with van der Waals surface area (Å²) in [6.45, 7) is 5.35. The molecule has 0 aromatic heterocycles. The van der Waals surface area contributed by atoms with Gasteiger partial charge in [0.2, 0.25) is 0 Å². The largest absolute Gasteiger partial charge is 0.469 e. The first-order chi connectivity index (χ1) is 7.28. The van der Waals surface area contributed by atoms with Crippen LogP contribution >= 0.6 is 0 Å². The van der Waals surface area contributed by atoms with E-state index in [9.17, 15) is 9.59 Å². The third-order valence-electron chi connectivity index (χ3n) is 1.77. The normalized spacial score (nSPS) is 13.1. The highest BCUT2D eigenvalue weighted by Gasteiger charge is 2.22. The molecule has 1 atom stereocenters. The lowest BCUT2D eigenvalue weighted by Crippen LogP contribution is -2.28. The van der Waals surface area contributed by atoms with Crippen molar-refractivity contribution in [1.82, 2.24) is 0 Å². The number of carbonyl (C=O) groups excluding carboxylic acids is 2. The Bertz CT molecular complexity index is 241. The summed E-state index contributed by atoms with van der Waals surface area (Å²) in [6, 6.07) is 0. The predicted octanol–water partition coefficient (Wildman–Crippen LogP) is 1.30. The number of rotatable bonds is 5. The summed E-state index contributed by atoms with van der Waals surface area (Å²) in [5.41, 5.74) is -0.527. The molecule has 0 spiro atoms. The van der Waals surface area contributed by atoms with Gasteiger partial charge in [-0.3, -0.25) is 9.59 Å². The van der Waals surface area contributed by atoms with Gasteiger partial charge in [0.25, 0.3) is 0 Å². The molecule has 0 saturated carbocycles. The summed E-state index contributed by atoms with van der Waals surface area (Å²) >= 11 is 0. The fraction of sp³-hybridized carbons (Fsp3) is 0.818. The highest BCUT2D eigenvalue weighted by Crippen LogP contribution is 2.12. The van der Waals surface area contributed by atoms with Gasteiger partial charge in [0, 0.05) is 7.11 Å². The summed E-state index contributed by atoms with van der Waals surface area (Å²) in [6.07, 6.45) is -0.405. The molecule has 0 heterocycles. The van der Waals surface area contributed by atoms with E-state index in [4.69, 9.17) is 9.47 Å². The Balaban J connectivity index is 4.12. The fourth-order valence-electron chi connectivity index (χ4n) is 1.08. The van der Waals surface area contributed by atoms with Crippen LogP contribution in [0, 0.1) is 0 Å². The van der Waals surface area contributed by atoms with Crippen molar-refractivity contribution in [1.29, 1.82) is 0 Å². The maximum Gasteiger partial charge on any atom is 0.308 e. The lowest BCUT2D eigenvalue weighted by molar-refractivity contribution is -0.158. The predicted molar refractivity (Wildman–Crippen MR) is 57.9 cm³/mol. The molecule has 0 fully saturated rings. The van der Waals surface area contributed by atoms with Crippen LogP contribution in [0.5, 0.6) is 0 Å². The second kappa shape index (κ2) is 6.48. The van der Waals surface area contributed by atoms with E-state index in [-0.39, 0.29) is 18.8 Å². The molecule has 0 aromatic carbocycles. The molecule has 0 rings (SSSR count). The van der Waals surface area contributed by atoms with Gasteiger partial charge in [-0.15, -0.1) is 0 Å². The zero-order chi connectivity index (χ0) is 12.8. The summed E-state index contributed by atoms with van der Waals surface area (Å²) in [7, 11) is 2.74. The van der Waals surface area contributed by atoms with Crippen LogP contribution in [0.2, 0.25) is 0 Å². The number of ether oxygens (including phenoxy) is 3. The van der Waals surface area contributed by atoms with Gasteiger partial charge >= 0.3 is 11.9 Å². The average Bonchev–Trinajstić information content (AvgIpc) is 2.13. The molecule has 0 saturated heterocycles. The zero-order valence-electron chi connectivity index (χ0n) is 10.5. The Kier molecular flexibility index (Phi) is 6.03. The third-order valence-corrected chi connectivity index (χ3v) is 1.77. The fourth-order valence-corrected chi connectivity index (χ4v) is 1.08. The van der Waals surface area contributed by atoms with Crippen LogP contribution in [-0.2, 0) is 23.8 Å². The van der Waals surface area contributed by atoms with Crippen LogP contribution in [0.15, 0.2) is 0 Å². The summed E-state index contributed by atoms with van der Waals surface area (Å²) in [5.74, 6) is -0.793. The van der Waals surface area contributed by atoms with Crippen LogP contribution < -0.4 is 0 Å². The molecule has 0 aliphatic rings. The molecule has 0 radical (unpaired) electrons. The zero-order valence-corrected chi connectivity index (χ0v) is 10.5. The minimum atomic E-state index is -0.527. The minimum Gasteiger partial charge on any atom is -0.469 e. The average molecular weight is 232 g/mol. The molecule has 0 aliphatic heterocycles. The Morgan fingerprint density at radius 3 is 1.94 bits per heavy atom. The van der Waals surface area contributed by atoms with E-state index in [0.29, 0.717) is 0 Å². The van der Waals surface area contributed by atoms with Gasteiger partial charge in [0.05, 0.1) is 26.1 Å². The van der Waals surface area contributed by atoms with Crippen molar-refractivity contribution in [2.24, 2.45) is 0 Å². The topological polar surface area (TPSA) is 61.8 Å². The summed E-state index contributed by atoms with van der Waals surface area (Å²) in [4.78, 5) is 22.4. The van der Waals surface area contributed by atoms with Crippen molar-refractivity contribution in [3.05, 3.63) is 0 Å². The monoisotopic (exact) mass is 232 g/mol. The van der Waals surface area contributed by atoms with Crippen molar-refractivity contribution < 1.29 is 23.8 Å². The molecular weight excluding hydrogens is 212 g/mol. The van der Waals surface area contributed by atoms with Crippen LogP contribution in [0.1, 0.15) is 33.6 Å². The van der Waals surface area contributed by atoms with Gasteiger partial charge in [0.15, 0.2) is 0 Å². The summed E-state index contributed by atoms with van der Waals surface area (Å²) in [5, 5.41) is 0. The van der Waals surface area contributed by atoms with Crippen LogP contribution in [0.3, 0.4) is 0 Å². The first-order valence-electron chi connectivity index (χ1n) is 5.10. The van der Waals surface area contributed by atoms with Crippen LogP contribution in [-0.4, -0.2) is 37.9 Å². The number of esters is 2. The van der Waals surface area contributed by atoms with E-state index in [1.54, 1.807) is 20.8 Å². The van der Waals surface area contributed by atoms with E-state index in [2.05, 4.69) is 4.74 Å². The first-order valence-corrected chi connectivity index (χ1v) is 5.10. The molecule has 94 valence electrons. The molecular formula is C11H20O5. The molecule has 0 aliphatic carbocycles. The van der Waals surface area contributed by atoms with Gasteiger partial charge in [-0.25, -0.2) is 0 Å². The number of hydrogen-bond donors (Lipinski definition) is 0. The van der Waals surface area contributed by atoms with Crippen molar-refractivity contribution in [2.45, 2.75) is 45.3 Å². The maximum atomic E-state index is 11.4. The lowest BCUT2D eigenvalue weighted by atomic mass is 10.1. The molecule has 0 aromatic rings. The van der Waals surface area contributed by atoms with Gasteiger partial charge < -0.3 is 14.2 Å². The quantitative estimate of drug-likeness (QED) is 0.668. The maximum absolute atomic E-state index is 11.4. The van der Waals surface area contributed by atoms with E-state index in [0.717, 1.165) is 0 Å². The van der Waals surface area contributed by atoms with Gasteiger partial charge in [0.1, 0.15) is 5.60 Å². The summed E-state index contributed by atoms with van der Waals surface area (Å²) < 4.78 is 14.6. The molecule has 0 N–H and O–H groups in total. The van der Waals surface area contributed by atoms with Crippen molar-refractivity contribution >= 4 is 11.9 Å². The number of hydrogen-bond acceptors (Lipinski definition) is 5. The van der Waals surface area contributed by atoms with E-state index in [1.165, 1.54) is 14.2 Å². The lowest BCUT2D eigenvalue weighted by Gasteiger charge is -2.21. The van der Waals surface area contributed by atoms with Crippen LogP contribution in [0.4, 0.5) is 0 Å². The molecule has 5 heteroatoms. The number of carbonyl (C=O) groups is 2. The Hall–Kier alpha value is -1.10. The second-order valence-corrected chi connectivity index (χ2v) is 4.43. The third kappa shape index (κ3) is 7.23. The van der Waals surface area contributed by atoms with Gasteiger partial charge in [-0.05, 0) is 20.8 Å². The SMILES string of the molecule is COC(=O)CC(CC(=O)OC(C)(C)C)OC. The van der Waals surface area contributed by atoms with Gasteiger partial charge in [-0.2, -0.15) is 0 Å². The molecule has 16 heavy (non-hydrogen) atoms. The van der Waals surface area contributed by atoms with Crippen molar-refractivity contribution in [3.8, 4) is 0 Å². The molecule has 0 amide bonds. The van der Waals surface area contributed by atoms with Gasteiger partial charge in [-0.1, -0.05) is 0 Å². The molecule has 0 bridgehead atoms. The Morgan fingerprint density at radius 2 is 1.56 bits per heavy atom. The highest BCUT2D eigenvalue weighted by molar-refractivity contribution is 5.73. The second-order valence-electron chi connectivity index (χ2n) is 4.43. The minimum absolute atomic E-state index is 0.0445. The van der Waals surface area contributed by atoms with E-state index in [1.807, 2.05) is 0 Å². The standard InChI is InChI=1S/C11H20O5/c1-11(2,3)16-10(13)7-8(14-4)6-9(12)15-5/h8H,6-7H2,1-5H3. The van der Waals surface area contributed by atoms with Crippen LogP contribution in [0.25, 0.3) is 0 Å². The van der Waals surface area contributed by atoms with Crippen molar-refractivity contribution in [3.63, 3.8) is 0 Å². The molecule has 1 unspecified atom stereocenters. The van der Waals surface area contributed by atoms with E-state index < -0.39 is 17.7 Å².